The van der Waals surface area contributed by atoms with Crippen LogP contribution in [0.15, 0.2) is 48.5 Å². The number of benzene rings is 2. The molecule has 1 atom stereocenters. The molecule has 2 aromatic carbocycles. The monoisotopic (exact) mass is 326 g/mol. The van der Waals surface area contributed by atoms with Gasteiger partial charge in [0.05, 0.1) is 12.6 Å². The van der Waals surface area contributed by atoms with Crippen LogP contribution in [0.5, 0.6) is 0 Å². The van der Waals surface area contributed by atoms with Crippen LogP contribution in [-0.4, -0.2) is 18.6 Å². The molecule has 0 radical (unpaired) electrons. The summed E-state index contributed by atoms with van der Waals surface area (Å²) in [5.74, 6) is -0.199. The Labute approximate surface area is 142 Å². The molecule has 2 rings (SSSR count). The van der Waals surface area contributed by atoms with Crippen molar-refractivity contribution in [3.8, 4) is 0 Å². The average Bonchev–Trinajstić information content (AvgIpc) is 2.55. The first kappa shape index (κ1) is 17.5. The van der Waals surface area contributed by atoms with E-state index in [-0.39, 0.29) is 11.9 Å². The number of amides is 2. The van der Waals surface area contributed by atoms with Crippen molar-refractivity contribution < 1.29 is 14.3 Å². The summed E-state index contributed by atoms with van der Waals surface area (Å²) in [6.45, 7) is 5.98. The number of hydrogen-bond donors (Lipinski definition) is 2. The minimum absolute atomic E-state index is 0.111. The summed E-state index contributed by atoms with van der Waals surface area (Å²) >= 11 is 0. The first-order chi connectivity index (χ1) is 11.5. The topological polar surface area (TPSA) is 67.4 Å². The van der Waals surface area contributed by atoms with E-state index in [0.717, 1.165) is 5.56 Å². The molecule has 0 saturated heterocycles. The highest BCUT2D eigenvalue weighted by Gasteiger charge is 2.12. The normalized spacial score (nSPS) is 11.5. The fourth-order valence-corrected chi connectivity index (χ4v) is 2.24. The van der Waals surface area contributed by atoms with E-state index in [4.69, 9.17) is 4.74 Å². The molecule has 5 heteroatoms. The predicted octanol–water partition coefficient (Wildman–Crippen LogP) is 4.05. The quantitative estimate of drug-likeness (QED) is 0.871. The van der Waals surface area contributed by atoms with Crippen LogP contribution in [-0.2, 0) is 4.74 Å². The van der Waals surface area contributed by atoms with Gasteiger partial charge in [-0.2, -0.15) is 0 Å². The van der Waals surface area contributed by atoms with Gasteiger partial charge in [-0.3, -0.25) is 10.1 Å². The van der Waals surface area contributed by atoms with Gasteiger partial charge in [0, 0.05) is 11.3 Å². The third-order valence-corrected chi connectivity index (χ3v) is 3.57. The smallest absolute Gasteiger partial charge is 0.411 e. The predicted molar refractivity (Wildman–Crippen MR) is 94.1 cm³/mol. The standard InChI is InChI=1S/C19H22N2O3/c1-4-24-19(23)21-17-7-5-6-16(12-17)18(22)20-14(3)15-10-8-13(2)9-11-15/h5-12,14H,4H2,1-3H3,(H,20,22)(H,21,23). The van der Waals surface area contributed by atoms with E-state index >= 15 is 0 Å². The van der Waals surface area contributed by atoms with Gasteiger partial charge < -0.3 is 10.1 Å². The van der Waals surface area contributed by atoms with Crippen molar-refractivity contribution in [1.82, 2.24) is 5.32 Å². The molecule has 0 fully saturated rings. The Morgan fingerprint density at radius 2 is 1.83 bits per heavy atom. The Morgan fingerprint density at radius 1 is 1.12 bits per heavy atom. The van der Waals surface area contributed by atoms with Gasteiger partial charge in [-0.05, 0) is 44.5 Å². The minimum atomic E-state index is -0.539. The first-order valence-electron chi connectivity index (χ1n) is 7.91. The second-order valence-electron chi connectivity index (χ2n) is 5.53. The Bertz CT molecular complexity index is 711. The lowest BCUT2D eigenvalue weighted by Gasteiger charge is -2.15. The lowest BCUT2D eigenvalue weighted by molar-refractivity contribution is 0.0939. The molecule has 2 amide bonds. The molecule has 0 saturated carbocycles. The largest absolute Gasteiger partial charge is 0.450 e. The Morgan fingerprint density at radius 3 is 2.50 bits per heavy atom. The maximum absolute atomic E-state index is 12.4. The number of carbonyl (C=O) groups excluding carboxylic acids is 2. The minimum Gasteiger partial charge on any atom is -0.450 e. The van der Waals surface area contributed by atoms with E-state index in [1.54, 1.807) is 31.2 Å². The molecule has 0 aliphatic heterocycles. The van der Waals surface area contributed by atoms with Crippen LogP contribution >= 0.6 is 0 Å². The van der Waals surface area contributed by atoms with Gasteiger partial charge in [0.1, 0.15) is 0 Å². The van der Waals surface area contributed by atoms with Crippen molar-refractivity contribution in [1.29, 1.82) is 0 Å². The van der Waals surface area contributed by atoms with Gasteiger partial charge in [0.25, 0.3) is 5.91 Å². The maximum Gasteiger partial charge on any atom is 0.411 e. The molecular weight excluding hydrogens is 304 g/mol. The van der Waals surface area contributed by atoms with Crippen LogP contribution < -0.4 is 10.6 Å². The van der Waals surface area contributed by atoms with Gasteiger partial charge in [0.2, 0.25) is 0 Å². The van der Waals surface area contributed by atoms with Crippen molar-refractivity contribution in [3.05, 3.63) is 65.2 Å². The van der Waals surface area contributed by atoms with Crippen molar-refractivity contribution in [2.45, 2.75) is 26.8 Å². The van der Waals surface area contributed by atoms with E-state index in [2.05, 4.69) is 10.6 Å². The van der Waals surface area contributed by atoms with Crippen LogP contribution in [0, 0.1) is 6.92 Å². The van der Waals surface area contributed by atoms with Gasteiger partial charge in [-0.15, -0.1) is 0 Å². The van der Waals surface area contributed by atoms with Gasteiger partial charge in [0.15, 0.2) is 0 Å². The highest BCUT2D eigenvalue weighted by molar-refractivity contribution is 5.96. The molecule has 0 spiro atoms. The molecule has 126 valence electrons. The lowest BCUT2D eigenvalue weighted by atomic mass is 10.1. The van der Waals surface area contributed by atoms with Gasteiger partial charge in [-0.25, -0.2) is 4.79 Å². The third kappa shape index (κ3) is 4.84. The Kier molecular flexibility index (Phi) is 5.95. The number of rotatable bonds is 5. The van der Waals surface area contributed by atoms with E-state index in [1.165, 1.54) is 5.56 Å². The Balaban J connectivity index is 2.04. The SMILES string of the molecule is CCOC(=O)Nc1cccc(C(=O)NC(C)c2ccc(C)cc2)c1. The fourth-order valence-electron chi connectivity index (χ4n) is 2.24. The second kappa shape index (κ2) is 8.15. The van der Waals surface area contributed by atoms with Crippen LogP contribution in [0.4, 0.5) is 10.5 Å². The molecular formula is C19H22N2O3. The van der Waals surface area contributed by atoms with Gasteiger partial charge in [-0.1, -0.05) is 35.9 Å². The van der Waals surface area contributed by atoms with Crippen molar-refractivity contribution >= 4 is 17.7 Å². The molecule has 0 heterocycles. The number of ether oxygens (including phenoxy) is 1. The summed E-state index contributed by atoms with van der Waals surface area (Å²) in [5, 5.41) is 5.54. The van der Waals surface area contributed by atoms with Crippen LogP contribution in [0.3, 0.4) is 0 Å². The molecule has 2 aromatic rings. The number of hydrogen-bond acceptors (Lipinski definition) is 3. The van der Waals surface area contributed by atoms with Crippen molar-refractivity contribution in [2.24, 2.45) is 0 Å². The van der Waals surface area contributed by atoms with Crippen LogP contribution in [0.25, 0.3) is 0 Å². The van der Waals surface area contributed by atoms with Gasteiger partial charge >= 0.3 is 6.09 Å². The summed E-state index contributed by atoms with van der Waals surface area (Å²) in [5.41, 5.74) is 3.21. The molecule has 0 aliphatic rings. The summed E-state index contributed by atoms with van der Waals surface area (Å²) in [6, 6.07) is 14.7. The van der Waals surface area contributed by atoms with E-state index in [0.29, 0.717) is 17.9 Å². The summed E-state index contributed by atoms with van der Waals surface area (Å²) in [7, 11) is 0. The zero-order valence-electron chi connectivity index (χ0n) is 14.1. The molecule has 5 nitrogen and oxygen atoms in total. The average molecular weight is 326 g/mol. The maximum atomic E-state index is 12.4. The molecule has 2 N–H and O–H groups in total. The fraction of sp³-hybridized carbons (Fsp3) is 0.263. The van der Waals surface area contributed by atoms with E-state index < -0.39 is 6.09 Å². The highest BCUT2D eigenvalue weighted by atomic mass is 16.5. The zero-order chi connectivity index (χ0) is 17.5. The number of anilines is 1. The molecule has 1 unspecified atom stereocenters. The third-order valence-electron chi connectivity index (χ3n) is 3.57. The number of nitrogens with one attached hydrogen (secondary N) is 2. The number of aryl methyl sites for hydroxylation is 1. The zero-order valence-corrected chi connectivity index (χ0v) is 14.1. The number of carbonyl (C=O) groups is 2. The van der Waals surface area contributed by atoms with Crippen molar-refractivity contribution in [2.75, 3.05) is 11.9 Å². The molecule has 0 aliphatic carbocycles. The molecule has 0 bridgehead atoms. The van der Waals surface area contributed by atoms with Crippen LogP contribution in [0.1, 0.15) is 41.4 Å². The summed E-state index contributed by atoms with van der Waals surface area (Å²) in [4.78, 5) is 23.9. The first-order valence-corrected chi connectivity index (χ1v) is 7.91. The van der Waals surface area contributed by atoms with Crippen molar-refractivity contribution in [3.63, 3.8) is 0 Å². The highest BCUT2D eigenvalue weighted by Crippen LogP contribution is 2.16. The molecule has 24 heavy (non-hydrogen) atoms. The van der Waals surface area contributed by atoms with E-state index in [9.17, 15) is 9.59 Å². The van der Waals surface area contributed by atoms with E-state index in [1.807, 2.05) is 38.1 Å². The molecule has 0 aromatic heterocycles. The lowest BCUT2D eigenvalue weighted by Crippen LogP contribution is -2.26. The summed E-state index contributed by atoms with van der Waals surface area (Å²) < 4.78 is 4.83. The Hall–Kier alpha value is -2.82. The second-order valence-corrected chi connectivity index (χ2v) is 5.53. The van der Waals surface area contributed by atoms with Crippen LogP contribution in [0.2, 0.25) is 0 Å². The summed E-state index contributed by atoms with van der Waals surface area (Å²) in [6.07, 6.45) is -0.539.